The van der Waals surface area contributed by atoms with Crippen LogP contribution >= 0.6 is 69.6 Å². The van der Waals surface area contributed by atoms with E-state index >= 15 is 0 Å². The second kappa shape index (κ2) is 5.48. The molecule has 0 radical (unpaired) electrons. The van der Waals surface area contributed by atoms with Gasteiger partial charge in [0.2, 0.25) is 3.79 Å². The van der Waals surface area contributed by atoms with Gasteiger partial charge in [-0.1, -0.05) is 34.8 Å². The molecule has 0 aliphatic heterocycles. The number of hydrogen-bond donors (Lipinski definition) is 0. The van der Waals surface area contributed by atoms with E-state index in [1.54, 1.807) is 0 Å². The molecule has 1 nitrogen and oxygen atoms in total. The first kappa shape index (κ1) is 14.4. The first-order valence-corrected chi connectivity index (χ1v) is 5.87. The van der Waals surface area contributed by atoms with E-state index in [1.807, 2.05) is 0 Å². The summed E-state index contributed by atoms with van der Waals surface area (Å²) in [5.41, 5.74) is -1.17. The fraction of sp³-hybridized carbons (Fsp3) is 0.833. The summed E-state index contributed by atoms with van der Waals surface area (Å²) in [5.74, 6) is -0.906. The van der Waals surface area contributed by atoms with Crippen LogP contribution in [0.4, 0.5) is 0 Å². The van der Waals surface area contributed by atoms with E-state index < -0.39 is 15.0 Å². The number of halogens is 6. The van der Waals surface area contributed by atoms with E-state index in [-0.39, 0.29) is 17.6 Å². The Labute approximate surface area is 107 Å². The van der Waals surface area contributed by atoms with Gasteiger partial charge in [-0.05, 0) is 0 Å². The Bertz CT molecular complexity index is 174. The Hall–Kier alpha value is 1.41. The minimum Gasteiger partial charge on any atom is -0.294 e. The third kappa shape index (κ3) is 3.48. The highest BCUT2D eigenvalue weighted by Gasteiger charge is 2.46. The number of carbonyl (C=O) groups excluding carboxylic acids is 1. The summed E-state index contributed by atoms with van der Waals surface area (Å²) in [5, 5.41) is 0. The smallest absolute Gasteiger partial charge is 0.249 e. The van der Waals surface area contributed by atoms with Crippen molar-refractivity contribution in [2.45, 2.75) is 3.79 Å². The summed E-state index contributed by atoms with van der Waals surface area (Å²) >= 11 is 32.9. The molecule has 7 heteroatoms. The van der Waals surface area contributed by atoms with E-state index in [1.165, 1.54) is 0 Å². The van der Waals surface area contributed by atoms with Crippen LogP contribution in [-0.2, 0) is 4.79 Å². The molecule has 0 fully saturated rings. The first-order valence-electron chi connectivity index (χ1n) is 3.13. The number of ketones is 1. The maximum Gasteiger partial charge on any atom is 0.249 e. The summed E-state index contributed by atoms with van der Waals surface area (Å²) < 4.78 is -2.03. The van der Waals surface area contributed by atoms with Gasteiger partial charge in [-0.2, -0.15) is 0 Å². The highest BCUT2D eigenvalue weighted by Crippen LogP contribution is 2.38. The van der Waals surface area contributed by atoms with Gasteiger partial charge in [-0.15, -0.1) is 34.8 Å². The molecule has 0 amide bonds. The Morgan fingerprint density at radius 2 is 1.23 bits per heavy atom. The van der Waals surface area contributed by atoms with Gasteiger partial charge in [0.05, 0.1) is 5.41 Å². The number of carbonyl (C=O) groups is 1. The third-order valence-corrected chi connectivity index (χ3v) is 3.56. The second-order valence-electron chi connectivity index (χ2n) is 2.51. The van der Waals surface area contributed by atoms with Crippen molar-refractivity contribution >= 4 is 75.4 Å². The van der Waals surface area contributed by atoms with E-state index in [9.17, 15) is 4.79 Å². The fourth-order valence-corrected chi connectivity index (χ4v) is 2.41. The molecule has 0 saturated heterocycles. The predicted octanol–water partition coefficient (Wildman–Crippen LogP) is 3.63. The van der Waals surface area contributed by atoms with Crippen molar-refractivity contribution in [1.82, 2.24) is 0 Å². The zero-order valence-electron chi connectivity index (χ0n) is 6.30. The van der Waals surface area contributed by atoms with Gasteiger partial charge in [0.25, 0.3) is 0 Å². The normalized spacial score (nSPS) is 13.1. The molecule has 0 unspecified atom stereocenters. The maximum atomic E-state index is 11.5. The number of hydrogen-bond acceptors (Lipinski definition) is 1. The van der Waals surface area contributed by atoms with Crippen LogP contribution in [0.25, 0.3) is 0 Å². The van der Waals surface area contributed by atoms with Crippen molar-refractivity contribution < 1.29 is 4.79 Å². The predicted molar refractivity (Wildman–Crippen MR) is 59.9 cm³/mol. The van der Waals surface area contributed by atoms with Crippen molar-refractivity contribution in [3.05, 3.63) is 0 Å². The van der Waals surface area contributed by atoms with Crippen LogP contribution in [0.15, 0.2) is 0 Å². The molecular formula is C6H6Cl6O. The van der Waals surface area contributed by atoms with E-state index in [0.717, 1.165) is 0 Å². The Balaban J connectivity index is 4.85. The Kier molecular flexibility index (Phi) is 6.08. The highest BCUT2D eigenvalue weighted by molar-refractivity contribution is 6.76. The highest BCUT2D eigenvalue weighted by atomic mass is 35.6. The lowest BCUT2D eigenvalue weighted by molar-refractivity contribution is -0.124. The van der Waals surface area contributed by atoms with Crippen LogP contribution in [0.1, 0.15) is 0 Å². The second-order valence-corrected chi connectivity index (χ2v) is 5.59. The Morgan fingerprint density at radius 3 is 1.31 bits per heavy atom. The zero-order valence-corrected chi connectivity index (χ0v) is 10.8. The molecule has 0 aromatic rings. The lowest BCUT2D eigenvalue weighted by Gasteiger charge is -2.28. The first-order chi connectivity index (χ1) is 5.84. The van der Waals surface area contributed by atoms with Crippen molar-refractivity contribution in [3.8, 4) is 0 Å². The molecule has 0 aromatic carbocycles. The van der Waals surface area contributed by atoms with E-state index in [0.29, 0.717) is 0 Å². The molecule has 0 aliphatic carbocycles. The van der Waals surface area contributed by atoms with E-state index in [4.69, 9.17) is 69.6 Å². The summed E-state index contributed by atoms with van der Waals surface area (Å²) in [6, 6.07) is 0. The molecular weight excluding hydrogens is 301 g/mol. The third-order valence-electron chi connectivity index (χ3n) is 1.51. The van der Waals surface area contributed by atoms with Gasteiger partial charge in [0.15, 0.2) is 5.78 Å². The van der Waals surface area contributed by atoms with Crippen LogP contribution in [0.3, 0.4) is 0 Å². The van der Waals surface area contributed by atoms with E-state index in [2.05, 4.69) is 0 Å². The average molecular weight is 307 g/mol. The summed E-state index contributed by atoms with van der Waals surface area (Å²) in [7, 11) is 0. The molecule has 0 heterocycles. The van der Waals surface area contributed by atoms with Crippen LogP contribution in [-0.4, -0.2) is 27.2 Å². The van der Waals surface area contributed by atoms with Gasteiger partial charge in [-0.25, -0.2) is 0 Å². The number of rotatable bonds is 4. The minimum absolute atomic E-state index is 0.0766. The molecule has 0 spiro atoms. The number of Topliss-reactive ketones (excluding diaryl/α,β-unsaturated/α-hetero) is 1. The standard InChI is InChI=1S/C6H6Cl6O/c7-1-5(2-8,3-9)4(13)6(10,11)12/h1-3H2. The Morgan fingerprint density at radius 1 is 0.923 bits per heavy atom. The topological polar surface area (TPSA) is 17.1 Å². The van der Waals surface area contributed by atoms with Gasteiger partial charge in [0.1, 0.15) is 0 Å². The number of alkyl halides is 6. The lowest BCUT2D eigenvalue weighted by atomic mass is 9.91. The quantitative estimate of drug-likeness (QED) is 0.725. The molecule has 13 heavy (non-hydrogen) atoms. The maximum absolute atomic E-state index is 11.5. The van der Waals surface area contributed by atoms with Crippen molar-refractivity contribution in [1.29, 1.82) is 0 Å². The monoisotopic (exact) mass is 304 g/mol. The van der Waals surface area contributed by atoms with Gasteiger partial charge in [0, 0.05) is 17.6 Å². The molecule has 78 valence electrons. The van der Waals surface area contributed by atoms with Gasteiger partial charge < -0.3 is 0 Å². The molecule has 0 aliphatic rings. The molecule has 0 rings (SSSR count). The molecule has 0 bridgehead atoms. The van der Waals surface area contributed by atoms with Crippen LogP contribution in [0, 0.1) is 5.41 Å². The molecule has 0 N–H and O–H groups in total. The molecule has 0 atom stereocenters. The van der Waals surface area contributed by atoms with Gasteiger partial charge >= 0.3 is 0 Å². The minimum atomic E-state index is -2.03. The van der Waals surface area contributed by atoms with Crippen LogP contribution in [0.2, 0.25) is 0 Å². The average Bonchev–Trinajstić information content (AvgIpc) is 2.07. The fourth-order valence-electron chi connectivity index (χ4n) is 0.590. The largest absolute Gasteiger partial charge is 0.294 e. The van der Waals surface area contributed by atoms with Crippen LogP contribution < -0.4 is 0 Å². The summed E-state index contributed by atoms with van der Waals surface area (Å²) in [4.78, 5) is 11.5. The van der Waals surface area contributed by atoms with Crippen molar-refractivity contribution in [3.63, 3.8) is 0 Å². The van der Waals surface area contributed by atoms with Crippen LogP contribution in [0.5, 0.6) is 0 Å². The summed E-state index contributed by atoms with van der Waals surface area (Å²) in [6.45, 7) is 0. The zero-order chi connectivity index (χ0) is 10.7. The van der Waals surface area contributed by atoms with Crippen molar-refractivity contribution in [2.24, 2.45) is 5.41 Å². The molecule has 0 saturated carbocycles. The molecule has 0 aromatic heterocycles. The lowest BCUT2D eigenvalue weighted by Crippen LogP contribution is -2.43. The SMILES string of the molecule is O=C(C(Cl)(Cl)Cl)C(CCl)(CCl)CCl. The van der Waals surface area contributed by atoms with Crippen molar-refractivity contribution in [2.75, 3.05) is 17.6 Å². The summed E-state index contributed by atoms with van der Waals surface area (Å²) in [6.07, 6.45) is 0. The van der Waals surface area contributed by atoms with Gasteiger partial charge in [-0.3, -0.25) is 4.79 Å².